The number of amides is 2. The standard InChI is InChI=1S/C26H34BrN3O6S/c1-18(26(32)28-21-7-5-6-8-21)29(16-19-9-11-20(27)12-10-19)25(31)17-30(37(4,33)34)23-15-22(35-2)13-14-24(23)36-3/h9-15,18,21H,5-8,16-17H2,1-4H3,(H,28,32)/t18-/m0/s1. The Bertz CT molecular complexity index is 1200. The van der Waals surface area contributed by atoms with Crippen molar-refractivity contribution in [2.45, 2.75) is 51.2 Å². The first-order valence-electron chi connectivity index (χ1n) is 12.1. The van der Waals surface area contributed by atoms with Crippen LogP contribution >= 0.6 is 15.9 Å². The maximum absolute atomic E-state index is 13.7. The zero-order chi connectivity index (χ0) is 27.2. The van der Waals surface area contributed by atoms with Gasteiger partial charge in [-0.3, -0.25) is 13.9 Å². The molecule has 3 rings (SSSR count). The molecule has 0 unspecified atom stereocenters. The number of carbonyl (C=O) groups excluding carboxylic acids is 2. The highest BCUT2D eigenvalue weighted by Crippen LogP contribution is 2.34. The number of nitrogens with zero attached hydrogens (tertiary/aromatic N) is 2. The third-order valence-corrected chi connectivity index (χ3v) is 8.12. The number of halogens is 1. The molecule has 0 radical (unpaired) electrons. The van der Waals surface area contributed by atoms with Crippen molar-refractivity contribution in [1.29, 1.82) is 0 Å². The Balaban J connectivity index is 1.93. The minimum Gasteiger partial charge on any atom is -0.497 e. The van der Waals surface area contributed by atoms with Gasteiger partial charge in [0.25, 0.3) is 0 Å². The molecule has 0 bridgehead atoms. The molecule has 2 aromatic carbocycles. The fourth-order valence-corrected chi connectivity index (χ4v) is 5.46. The quantitative estimate of drug-likeness (QED) is 0.424. The zero-order valence-electron chi connectivity index (χ0n) is 21.6. The van der Waals surface area contributed by atoms with E-state index in [0.717, 1.165) is 46.3 Å². The average molecular weight is 597 g/mol. The summed E-state index contributed by atoms with van der Waals surface area (Å²) in [6.45, 7) is 1.29. The van der Waals surface area contributed by atoms with E-state index in [9.17, 15) is 18.0 Å². The molecule has 0 saturated heterocycles. The fourth-order valence-electron chi connectivity index (χ4n) is 4.35. The normalized spacial score (nSPS) is 14.6. The van der Waals surface area contributed by atoms with Gasteiger partial charge in [-0.25, -0.2) is 8.42 Å². The average Bonchev–Trinajstić information content (AvgIpc) is 3.38. The number of ether oxygens (including phenoxy) is 2. The second-order valence-corrected chi connectivity index (χ2v) is 11.9. The Morgan fingerprint density at radius 1 is 1.08 bits per heavy atom. The van der Waals surface area contributed by atoms with Crippen LogP contribution in [0.1, 0.15) is 38.2 Å². The van der Waals surface area contributed by atoms with Gasteiger partial charge in [0.15, 0.2) is 0 Å². The lowest BCUT2D eigenvalue weighted by atomic mass is 10.1. The summed E-state index contributed by atoms with van der Waals surface area (Å²) < 4.78 is 38.2. The second-order valence-electron chi connectivity index (χ2n) is 9.12. The van der Waals surface area contributed by atoms with Crippen molar-refractivity contribution in [2.24, 2.45) is 0 Å². The Hall–Kier alpha value is -2.79. The Morgan fingerprint density at radius 2 is 1.73 bits per heavy atom. The molecule has 1 aliphatic carbocycles. The van der Waals surface area contributed by atoms with Gasteiger partial charge in [0.2, 0.25) is 21.8 Å². The minimum absolute atomic E-state index is 0.0909. The molecular formula is C26H34BrN3O6S. The third kappa shape index (κ3) is 7.61. The van der Waals surface area contributed by atoms with Crippen LogP contribution in [-0.2, 0) is 26.2 Å². The van der Waals surface area contributed by atoms with Crippen LogP contribution in [-0.4, -0.2) is 64.2 Å². The molecule has 0 aromatic heterocycles. The number of hydrogen-bond acceptors (Lipinski definition) is 6. The highest BCUT2D eigenvalue weighted by molar-refractivity contribution is 9.10. The molecule has 1 saturated carbocycles. The van der Waals surface area contributed by atoms with E-state index in [1.165, 1.54) is 25.2 Å². The van der Waals surface area contributed by atoms with Crippen molar-refractivity contribution in [2.75, 3.05) is 31.3 Å². The number of hydrogen-bond donors (Lipinski definition) is 1. The SMILES string of the molecule is COc1ccc(OC)c(N(CC(=O)N(Cc2ccc(Br)cc2)[C@@H](C)C(=O)NC2CCCC2)S(C)(=O)=O)c1. The first-order valence-corrected chi connectivity index (χ1v) is 14.7. The monoisotopic (exact) mass is 595 g/mol. The second kappa shape index (κ2) is 12.6. The number of methoxy groups -OCH3 is 2. The molecule has 9 nitrogen and oxygen atoms in total. The van der Waals surface area contributed by atoms with Crippen molar-refractivity contribution < 1.29 is 27.5 Å². The lowest BCUT2D eigenvalue weighted by Crippen LogP contribution is -2.52. The van der Waals surface area contributed by atoms with Crippen LogP contribution in [0.15, 0.2) is 46.9 Å². The van der Waals surface area contributed by atoms with Gasteiger partial charge in [0.05, 0.1) is 26.2 Å². The largest absolute Gasteiger partial charge is 0.497 e. The number of nitrogens with one attached hydrogen (secondary N) is 1. The van der Waals surface area contributed by atoms with Gasteiger partial charge in [0.1, 0.15) is 24.1 Å². The maximum Gasteiger partial charge on any atom is 0.244 e. The predicted molar refractivity (Wildman–Crippen MR) is 146 cm³/mol. The molecule has 1 aliphatic rings. The van der Waals surface area contributed by atoms with E-state index in [0.29, 0.717) is 5.75 Å². The van der Waals surface area contributed by atoms with Gasteiger partial charge in [0, 0.05) is 23.1 Å². The van der Waals surface area contributed by atoms with Crippen LogP contribution in [0.3, 0.4) is 0 Å². The summed E-state index contributed by atoms with van der Waals surface area (Å²) in [5, 5.41) is 3.05. The van der Waals surface area contributed by atoms with Gasteiger partial charge in [-0.15, -0.1) is 0 Å². The van der Waals surface area contributed by atoms with Gasteiger partial charge in [-0.05, 0) is 49.6 Å². The topological polar surface area (TPSA) is 105 Å². The van der Waals surface area contributed by atoms with E-state index in [4.69, 9.17) is 9.47 Å². The van der Waals surface area contributed by atoms with Crippen molar-refractivity contribution in [1.82, 2.24) is 10.2 Å². The predicted octanol–water partition coefficient (Wildman–Crippen LogP) is 3.71. The zero-order valence-corrected chi connectivity index (χ0v) is 24.0. The number of anilines is 1. The van der Waals surface area contributed by atoms with Crippen molar-refractivity contribution in [3.8, 4) is 11.5 Å². The van der Waals surface area contributed by atoms with E-state index in [1.54, 1.807) is 19.1 Å². The molecule has 1 N–H and O–H groups in total. The molecule has 11 heteroatoms. The smallest absolute Gasteiger partial charge is 0.244 e. The maximum atomic E-state index is 13.7. The molecule has 0 aliphatic heterocycles. The summed E-state index contributed by atoms with van der Waals surface area (Å²) in [6.07, 6.45) is 4.97. The van der Waals surface area contributed by atoms with Crippen LogP contribution in [0.5, 0.6) is 11.5 Å². The van der Waals surface area contributed by atoms with Crippen molar-refractivity contribution in [3.05, 3.63) is 52.5 Å². The Labute approximate surface area is 227 Å². The lowest BCUT2D eigenvalue weighted by Gasteiger charge is -2.32. The van der Waals surface area contributed by atoms with E-state index < -0.39 is 28.5 Å². The molecule has 1 fully saturated rings. The molecule has 0 heterocycles. The summed E-state index contributed by atoms with van der Waals surface area (Å²) >= 11 is 3.41. The summed E-state index contributed by atoms with van der Waals surface area (Å²) in [7, 11) is -1.02. The molecule has 37 heavy (non-hydrogen) atoms. The molecule has 202 valence electrons. The fraction of sp³-hybridized carbons (Fsp3) is 0.462. The van der Waals surface area contributed by atoms with Crippen LogP contribution in [0.4, 0.5) is 5.69 Å². The van der Waals surface area contributed by atoms with Gasteiger partial charge in [-0.1, -0.05) is 40.9 Å². The highest BCUT2D eigenvalue weighted by Gasteiger charge is 2.32. The van der Waals surface area contributed by atoms with Crippen LogP contribution in [0, 0.1) is 0 Å². The van der Waals surface area contributed by atoms with Crippen LogP contribution in [0.2, 0.25) is 0 Å². The number of sulfonamides is 1. The highest BCUT2D eigenvalue weighted by atomic mass is 79.9. The number of rotatable bonds is 11. The summed E-state index contributed by atoms with van der Waals surface area (Å²) in [4.78, 5) is 28.3. The summed E-state index contributed by atoms with van der Waals surface area (Å²) in [6, 6.07) is 11.4. The number of carbonyl (C=O) groups is 2. The molecule has 2 amide bonds. The number of benzene rings is 2. The summed E-state index contributed by atoms with van der Waals surface area (Å²) in [5.41, 5.74) is 0.978. The Kier molecular flexibility index (Phi) is 9.83. The third-order valence-electron chi connectivity index (χ3n) is 6.47. The first kappa shape index (κ1) is 28.8. The van der Waals surface area contributed by atoms with Crippen molar-refractivity contribution in [3.63, 3.8) is 0 Å². The molecule has 2 aromatic rings. The van der Waals surface area contributed by atoms with Gasteiger partial charge < -0.3 is 19.7 Å². The van der Waals surface area contributed by atoms with E-state index in [1.807, 2.05) is 24.3 Å². The van der Waals surface area contributed by atoms with Crippen LogP contribution in [0.25, 0.3) is 0 Å². The van der Waals surface area contributed by atoms with E-state index in [-0.39, 0.29) is 29.9 Å². The van der Waals surface area contributed by atoms with Crippen LogP contribution < -0.4 is 19.1 Å². The van der Waals surface area contributed by atoms with Crippen molar-refractivity contribution >= 4 is 43.5 Å². The lowest BCUT2D eigenvalue weighted by molar-refractivity contribution is -0.139. The van der Waals surface area contributed by atoms with Gasteiger partial charge in [-0.2, -0.15) is 0 Å². The summed E-state index contributed by atoms with van der Waals surface area (Å²) in [5.74, 6) is -0.104. The minimum atomic E-state index is -3.90. The van der Waals surface area contributed by atoms with E-state index >= 15 is 0 Å². The Morgan fingerprint density at radius 3 is 2.30 bits per heavy atom. The molecule has 1 atom stereocenters. The van der Waals surface area contributed by atoms with E-state index in [2.05, 4.69) is 21.2 Å². The first-order chi connectivity index (χ1) is 17.5. The molecule has 0 spiro atoms. The van der Waals surface area contributed by atoms with Gasteiger partial charge >= 0.3 is 0 Å². The molecular weight excluding hydrogens is 562 g/mol.